The zero-order chi connectivity index (χ0) is 62.2. The summed E-state index contributed by atoms with van der Waals surface area (Å²) in [5.41, 5.74) is 26.2. The van der Waals surface area contributed by atoms with E-state index in [9.17, 15) is 51.9 Å². The quantitative estimate of drug-likeness (QED) is 0.0660. The molecule has 14 N–H and O–H groups in total. The van der Waals surface area contributed by atoms with Crippen molar-refractivity contribution in [2.45, 2.75) is 6.92 Å². The number of aromatic amines is 4. The summed E-state index contributed by atoms with van der Waals surface area (Å²) in [6.07, 6.45) is 12.5. The first-order chi connectivity index (χ1) is 38.9. The number of rotatable bonds is 0. The van der Waals surface area contributed by atoms with Crippen LogP contribution < -0.4 is 79.4 Å². The van der Waals surface area contributed by atoms with Crippen LogP contribution in [0, 0.1) is 18.6 Å². The van der Waals surface area contributed by atoms with Crippen molar-refractivity contribution in [3.8, 4) is 0 Å². The third kappa shape index (κ3) is 18.0. The molecule has 0 aliphatic rings. The molecule has 0 bridgehead atoms. The molecule has 0 spiro atoms. The number of hydrogen-bond donors (Lipinski definition) is 9. The molecule has 11 rings (SSSR count). The standard InChI is InChI=1S/C6H6ClN5.C6H7N5O.C6H7N5.C6H8N2O2.C5H6FN3O.C5H5FN2O2.C5H7N3O.C5H6N2O2/c1-12-2-9-3-4(7)10-6(8)11-5(3)12;1-11-2-8-3-4(11)9-6(7)10-5(3)12;1-11-3-10-4-5(7)8-2-9-6(4)11;1-4-3-8(2)6(10)7-5(4)9;1-9-2-3(6)4(7)8-5(9)10;1-8-2-3(6)4(9)7-5(8)10;1-8-3-2-4(6)7-5(8)9;1-7-3-2-4(8)6-5(7)9/h2H,1H3,(H2,8,10,11);2H,1H3,(H3,7,9,10,12);2-3H,1H3,(H2,7,8,9);3H,1-2H3,(H,7,9,10);2H,1H3,(H2,7,8,10);2H,1H3,(H,7,9,10);2-3H,1H3,(H2,6,7,9);2-3H,1H3,(H,6,8,9). The normalized spacial score (nSPS) is 10.1. The van der Waals surface area contributed by atoms with Gasteiger partial charge in [0, 0.05) is 99.0 Å². The van der Waals surface area contributed by atoms with Crippen molar-refractivity contribution in [3.63, 3.8) is 0 Å². The van der Waals surface area contributed by atoms with Gasteiger partial charge in [0.1, 0.15) is 23.2 Å². The van der Waals surface area contributed by atoms with Crippen LogP contribution in [0.2, 0.25) is 5.15 Å². The first-order valence-electron chi connectivity index (χ1n) is 22.8. The predicted molar refractivity (Wildman–Crippen MR) is 299 cm³/mol. The monoisotopic (exact) mass is 1180 g/mol. The number of fused-ring (bicyclic) bond motifs is 3. The first-order valence-corrected chi connectivity index (χ1v) is 23.2. The van der Waals surface area contributed by atoms with Crippen molar-refractivity contribution in [2.24, 2.45) is 56.4 Å². The van der Waals surface area contributed by atoms with Crippen molar-refractivity contribution < 1.29 is 8.78 Å². The molecule has 438 valence electrons. The Balaban J connectivity index is 0.000000204. The molecule has 11 heterocycles. The molecule has 11 aromatic heterocycles. The van der Waals surface area contributed by atoms with E-state index in [0.29, 0.717) is 39.2 Å². The van der Waals surface area contributed by atoms with Gasteiger partial charge in [-0.05, 0) is 13.0 Å². The largest absolute Gasteiger partial charge is 0.383 e. The minimum Gasteiger partial charge on any atom is -0.383 e. The second-order valence-corrected chi connectivity index (χ2v) is 16.9. The molecular weight excluding hydrogens is 1120 g/mol. The van der Waals surface area contributed by atoms with Crippen LogP contribution in [-0.4, -0.2) is 106 Å². The summed E-state index contributed by atoms with van der Waals surface area (Å²) < 4.78 is 35.8. The van der Waals surface area contributed by atoms with Gasteiger partial charge in [-0.1, -0.05) is 11.6 Å². The minimum absolute atomic E-state index is 0.108. The van der Waals surface area contributed by atoms with Crippen LogP contribution in [0.4, 0.5) is 38.1 Å². The Labute approximate surface area is 464 Å². The Bertz CT molecular complexity index is 4510. The number of aromatic nitrogens is 22. The van der Waals surface area contributed by atoms with Gasteiger partial charge in [-0.2, -0.15) is 29.3 Å². The number of nitrogens with one attached hydrogen (secondary N) is 4. The minimum atomic E-state index is -0.983. The maximum atomic E-state index is 12.4. The fraction of sp³-hybridized carbons (Fsp3) is 0.205. The van der Waals surface area contributed by atoms with Crippen molar-refractivity contribution >= 4 is 74.4 Å². The van der Waals surface area contributed by atoms with Gasteiger partial charge in [-0.25, -0.2) is 53.3 Å². The van der Waals surface area contributed by atoms with Crippen molar-refractivity contribution in [1.82, 2.24) is 106 Å². The smallest absolute Gasteiger partial charge is 0.349 e. The summed E-state index contributed by atoms with van der Waals surface area (Å²) in [6, 6.07) is 2.86. The van der Waals surface area contributed by atoms with E-state index < -0.39 is 28.6 Å². The highest BCUT2D eigenvalue weighted by atomic mass is 35.5. The second-order valence-electron chi connectivity index (χ2n) is 16.5. The molecule has 0 aliphatic heterocycles. The SMILES string of the molecule is Cc1cn(C)c(=O)[nH]c1=O.Cn1cc(F)c(=O)[nH]c1=O.Cn1cc(F)c(N)nc1=O.Cn1ccc(=O)[nH]c1=O.Cn1ccc(N)nc1=O.Cn1cnc2c(=O)[nH]c(N)nc21.Cn1cnc2c(Cl)nc(N)nc21.Cn1cnc2c(N)ncnc21. The average Bonchev–Trinajstić information content (AvgIpc) is 4.08. The molecule has 0 amide bonds. The number of halogens is 3. The second kappa shape index (κ2) is 28.3. The zero-order valence-electron chi connectivity index (χ0n) is 45.1. The van der Waals surface area contributed by atoms with E-state index in [0.717, 1.165) is 27.2 Å². The van der Waals surface area contributed by atoms with E-state index in [4.69, 9.17) is 40.3 Å². The summed E-state index contributed by atoms with van der Waals surface area (Å²) in [4.78, 5) is 142. The molecule has 0 unspecified atom stereocenters. The fourth-order valence-electron chi connectivity index (χ4n) is 5.70. The van der Waals surface area contributed by atoms with Crippen molar-refractivity contribution in [2.75, 3.05) is 28.7 Å². The highest BCUT2D eigenvalue weighted by Crippen LogP contribution is 2.18. The molecular formula is C44H52ClF2N27O9. The molecule has 0 aliphatic carbocycles. The number of hydrogen-bond acceptors (Lipinski definition) is 24. The Hall–Kier alpha value is -11.6. The lowest BCUT2D eigenvalue weighted by molar-refractivity contribution is 0.576. The lowest BCUT2D eigenvalue weighted by Crippen LogP contribution is -2.29. The molecule has 0 atom stereocenters. The number of nitrogen functional groups attached to an aromatic ring is 5. The highest BCUT2D eigenvalue weighted by Gasteiger charge is 2.09. The van der Waals surface area contributed by atoms with Gasteiger partial charge in [-0.3, -0.25) is 43.7 Å². The van der Waals surface area contributed by atoms with Gasteiger partial charge in [-0.15, -0.1) is 0 Å². The number of nitrogens with zero attached hydrogens (tertiary/aromatic N) is 18. The molecule has 0 saturated carbocycles. The van der Waals surface area contributed by atoms with E-state index in [1.54, 1.807) is 78.7 Å². The third-order valence-corrected chi connectivity index (χ3v) is 10.3. The van der Waals surface area contributed by atoms with Crippen LogP contribution in [0.5, 0.6) is 0 Å². The van der Waals surface area contributed by atoms with E-state index in [1.807, 2.05) is 14.1 Å². The zero-order valence-corrected chi connectivity index (χ0v) is 45.9. The van der Waals surface area contributed by atoms with Crippen LogP contribution in [0.15, 0.2) is 112 Å². The van der Waals surface area contributed by atoms with Gasteiger partial charge in [0.05, 0.1) is 19.0 Å². The summed E-state index contributed by atoms with van der Waals surface area (Å²) >= 11 is 5.77. The summed E-state index contributed by atoms with van der Waals surface area (Å²) in [5.74, 6) is -1.03. The topological polar surface area (TPSA) is 515 Å². The molecule has 83 heavy (non-hydrogen) atoms. The van der Waals surface area contributed by atoms with Gasteiger partial charge < -0.3 is 60.6 Å². The Morgan fingerprint density at radius 1 is 0.458 bits per heavy atom. The summed E-state index contributed by atoms with van der Waals surface area (Å²) in [7, 11) is 13.0. The Kier molecular flexibility index (Phi) is 21.8. The molecule has 39 heteroatoms. The molecule has 36 nitrogen and oxygen atoms in total. The van der Waals surface area contributed by atoms with E-state index in [2.05, 4.69) is 64.8 Å². The molecule has 0 fully saturated rings. The van der Waals surface area contributed by atoms with Crippen LogP contribution in [0.3, 0.4) is 0 Å². The molecule has 0 radical (unpaired) electrons. The van der Waals surface area contributed by atoms with Crippen LogP contribution >= 0.6 is 11.6 Å². The molecule has 0 aromatic carbocycles. The number of nitrogens with two attached hydrogens (primary N) is 5. The summed E-state index contributed by atoms with van der Waals surface area (Å²) in [5, 5.41) is 0.290. The lowest BCUT2D eigenvalue weighted by atomic mass is 10.4. The van der Waals surface area contributed by atoms with E-state index >= 15 is 0 Å². The van der Waals surface area contributed by atoms with Crippen molar-refractivity contribution in [3.05, 3.63) is 185 Å². The van der Waals surface area contributed by atoms with Crippen LogP contribution in [-0.2, 0) is 56.4 Å². The predicted octanol–water partition coefficient (Wildman–Crippen LogP) is -3.68. The maximum Gasteiger partial charge on any atom is 0.349 e. The Morgan fingerprint density at radius 2 is 0.976 bits per heavy atom. The maximum absolute atomic E-state index is 12.4. The number of H-pyrrole nitrogens is 4. The van der Waals surface area contributed by atoms with Gasteiger partial charge in [0.25, 0.3) is 22.2 Å². The third-order valence-electron chi connectivity index (χ3n) is 10.1. The first kappa shape index (κ1) is 63.9. The van der Waals surface area contributed by atoms with E-state index in [1.165, 1.54) is 58.9 Å². The Morgan fingerprint density at radius 3 is 1.52 bits per heavy atom. The van der Waals surface area contributed by atoms with Crippen LogP contribution in [0.1, 0.15) is 5.56 Å². The number of imidazole rings is 3. The molecule has 0 saturated heterocycles. The lowest BCUT2D eigenvalue weighted by Gasteiger charge is -1.96. The van der Waals surface area contributed by atoms with Crippen molar-refractivity contribution in [1.29, 1.82) is 0 Å². The highest BCUT2D eigenvalue weighted by molar-refractivity contribution is 6.33. The van der Waals surface area contributed by atoms with E-state index in [-0.39, 0.29) is 62.4 Å². The average molecular weight is 1180 g/mol. The molecule has 11 aromatic rings. The number of aryl methyl sites for hydroxylation is 9. The number of anilines is 5. The fourth-order valence-corrected chi connectivity index (χ4v) is 5.92. The summed E-state index contributed by atoms with van der Waals surface area (Å²) in [6.45, 7) is 1.65. The van der Waals surface area contributed by atoms with Gasteiger partial charge >= 0.3 is 28.4 Å². The van der Waals surface area contributed by atoms with Gasteiger partial charge in [0.15, 0.2) is 45.1 Å². The van der Waals surface area contributed by atoms with Crippen LogP contribution in [0.25, 0.3) is 33.5 Å². The van der Waals surface area contributed by atoms with Gasteiger partial charge in [0.2, 0.25) is 17.7 Å².